The lowest BCUT2D eigenvalue weighted by Crippen LogP contribution is -2.53. The average Bonchev–Trinajstić information content (AvgIpc) is 4.00. The minimum absolute atomic E-state index is 0.0729. The second-order valence-electron chi connectivity index (χ2n) is 12.4. The van der Waals surface area contributed by atoms with Crippen LogP contribution in [0, 0.1) is 5.92 Å². The number of piperazine rings is 1. The Morgan fingerprint density at radius 2 is 1.94 bits per heavy atom. The smallest absolute Gasteiger partial charge is 0.410 e. The summed E-state index contributed by atoms with van der Waals surface area (Å²) in [6, 6.07) is 5.02. The zero-order chi connectivity index (χ0) is 33.8. The Morgan fingerprint density at radius 1 is 1.19 bits per heavy atom. The fourth-order valence-electron chi connectivity index (χ4n) is 6.37. The molecule has 3 atom stereocenters. The van der Waals surface area contributed by atoms with Gasteiger partial charge in [0, 0.05) is 51.6 Å². The molecule has 2 saturated carbocycles. The molecule has 11 heteroatoms. The predicted octanol–water partition coefficient (Wildman–Crippen LogP) is 5.44. The quantitative estimate of drug-likeness (QED) is 0.109. The highest BCUT2D eigenvalue weighted by Gasteiger charge is 2.58. The van der Waals surface area contributed by atoms with Crippen molar-refractivity contribution < 1.29 is 19.1 Å². The predicted molar refractivity (Wildman–Crippen MR) is 189 cm³/mol. The Balaban J connectivity index is 1.69. The minimum atomic E-state index is -0.498. The lowest BCUT2D eigenvalue weighted by molar-refractivity contribution is -0.124. The van der Waals surface area contributed by atoms with Gasteiger partial charge in [-0.15, -0.1) is 6.58 Å². The summed E-state index contributed by atoms with van der Waals surface area (Å²) < 4.78 is 11.2. The number of amides is 2. The molecule has 3 N–H and O–H groups in total. The van der Waals surface area contributed by atoms with E-state index in [4.69, 9.17) is 21.1 Å². The van der Waals surface area contributed by atoms with Crippen LogP contribution < -0.4 is 16.0 Å². The maximum Gasteiger partial charge on any atom is 0.410 e. The number of hydrogen-bond acceptors (Lipinski definition) is 7. The van der Waals surface area contributed by atoms with Crippen LogP contribution in [-0.2, 0) is 14.3 Å². The van der Waals surface area contributed by atoms with E-state index in [0.29, 0.717) is 37.1 Å². The van der Waals surface area contributed by atoms with Crippen molar-refractivity contribution in [3.8, 4) is 0 Å². The molecule has 10 nitrogen and oxygen atoms in total. The molecule has 2 aliphatic carbocycles. The molecule has 3 fully saturated rings. The Morgan fingerprint density at radius 3 is 2.53 bits per heavy atom. The molecule has 2 amide bonds. The van der Waals surface area contributed by atoms with Crippen molar-refractivity contribution in [3.63, 3.8) is 0 Å². The highest BCUT2D eigenvalue weighted by atomic mass is 35.5. The fourth-order valence-corrected chi connectivity index (χ4v) is 6.55. The summed E-state index contributed by atoms with van der Waals surface area (Å²) in [5.74, 6) is 0.297. The molecule has 1 aliphatic heterocycles. The van der Waals surface area contributed by atoms with Crippen LogP contribution in [0.25, 0.3) is 5.57 Å². The van der Waals surface area contributed by atoms with Crippen LogP contribution in [0.3, 0.4) is 0 Å². The number of benzene rings is 1. The van der Waals surface area contributed by atoms with E-state index in [1.54, 1.807) is 25.8 Å². The van der Waals surface area contributed by atoms with E-state index in [0.717, 1.165) is 55.2 Å². The first-order valence-electron chi connectivity index (χ1n) is 16.6. The van der Waals surface area contributed by atoms with Gasteiger partial charge in [0.05, 0.1) is 24.5 Å². The van der Waals surface area contributed by atoms with Gasteiger partial charge in [-0.05, 0) is 79.1 Å². The largest absolute Gasteiger partial charge is 0.442 e. The number of nitrogens with zero attached hydrogens (tertiary/aromatic N) is 3. The third-order valence-corrected chi connectivity index (χ3v) is 9.27. The van der Waals surface area contributed by atoms with Gasteiger partial charge in [-0.1, -0.05) is 49.7 Å². The summed E-state index contributed by atoms with van der Waals surface area (Å²) in [7, 11) is 3.17. The van der Waals surface area contributed by atoms with Crippen molar-refractivity contribution in [2.45, 2.75) is 69.2 Å². The number of carbonyl (C=O) groups is 2. The maximum absolute atomic E-state index is 13.2. The zero-order valence-corrected chi connectivity index (χ0v) is 28.8. The van der Waals surface area contributed by atoms with E-state index in [-0.39, 0.29) is 36.3 Å². The number of hydrogen-bond donors (Lipinski definition) is 3. The molecule has 1 aromatic carbocycles. The van der Waals surface area contributed by atoms with Crippen molar-refractivity contribution >= 4 is 35.5 Å². The summed E-state index contributed by atoms with van der Waals surface area (Å²) in [4.78, 5) is 34.3. The van der Waals surface area contributed by atoms with Crippen LogP contribution >= 0.6 is 11.6 Å². The van der Waals surface area contributed by atoms with Crippen LogP contribution in [-0.4, -0.2) is 92.8 Å². The molecular weight excluding hydrogens is 616 g/mol. The Kier molecular flexibility index (Phi) is 13.5. The zero-order valence-electron chi connectivity index (χ0n) is 28.1. The van der Waals surface area contributed by atoms with Crippen molar-refractivity contribution in [2.24, 2.45) is 10.9 Å². The number of ether oxygens (including phenoxy) is 2. The minimum Gasteiger partial charge on any atom is -0.442 e. The highest BCUT2D eigenvalue weighted by molar-refractivity contribution is 6.30. The first-order valence-corrected chi connectivity index (χ1v) is 17.0. The van der Waals surface area contributed by atoms with Crippen LogP contribution in [0.15, 0.2) is 67.0 Å². The number of allylic oxidation sites excluding steroid dienone is 1. The number of methoxy groups -OCH3 is 1. The second-order valence-corrected chi connectivity index (χ2v) is 12.8. The second kappa shape index (κ2) is 17.5. The van der Waals surface area contributed by atoms with Crippen LogP contribution in [0.5, 0.6) is 0 Å². The van der Waals surface area contributed by atoms with Gasteiger partial charge in [-0.25, -0.2) is 4.79 Å². The summed E-state index contributed by atoms with van der Waals surface area (Å²) in [6.07, 6.45) is 16.7. The van der Waals surface area contributed by atoms with Crippen LogP contribution in [0.1, 0.15) is 62.6 Å². The van der Waals surface area contributed by atoms with Crippen LogP contribution in [0.2, 0.25) is 5.02 Å². The Hall–Kier alpha value is -3.60. The average molecular weight is 667 g/mol. The molecule has 0 spiro atoms. The van der Waals surface area contributed by atoms with Crippen molar-refractivity contribution in [1.82, 2.24) is 25.8 Å². The maximum atomic E-state index is 13.2. The van der Waals surface area contributed by atoms with E-state index in [9.17, 15) is 9.59 Å². The molecule has 4 rings (SSSR count). The van der Waals surface area contributed by atoms with E-state index < -0.39 is 6.04 Å². The summed E-state index contributed by atoms with van der Waals surface area (Å²) in [5.41, 5.74) is 2.62. The number of aliphatic imine (C=N–C) groups is 1. The molecule has 1 saturated heterocycles. The van der Waals surface area contributed by atoms with E-state index >= 15 is 0 Å². The molecule has 3 unspecified atom stereocenters. The van der Waals surface area contributed by atoms with Gasteiger partial charge < -0.3 is 30.3 Å². The fraction of sp³-hybridized carbons (Fsp3) is 0.528. The molecule has 0 radical (unpaired) electrons. The van der Waals surface area contributed by atoms with E-state index in [2.05, 4.69) is 58.1 Å². The van der Waals surface area contributed by atoms with Gasteiger partial charge >= 0.3 is 6.09 Å². The van der Waals surface area contributed by atoms with E-state index in [1.165, 1.54) is 7.11 Å². The molecule has 1 aromatic rings. The third kappa shape index (κ3) is 9.72. The monoisotopic (exact) mass is 666 g/mol. The van der Waals surface area contributed by atoms with Crippen molar-refractivity contribution in [3.05, 3.63) is 78.1 Å². The standard InChI is InChI=1S/C36H51ClN6O4/c1-6-9-10-28(32(15-18-39-25-38-4)41-33(44)24-46-5)30-23-27(37)13-14-29(30)34(31(7-2)40-8-3)42-19-21-43(22-20-42)35(45)47-36(16-17-36)26-11-12-26/h7-8,10,13-15,18,23,25-26,31-32,34,40H,2-3,6,9,11-12,16-17,19-22,24H2,1,4-5H3,(H,38,39)(H,41,44)/b18-15+,28-10+. The Bertz CT molecular complexity index is 1330. The van der Waals surface area contributed by atoms with Gasteiger partial charge in [0.15, 0.2) is 0 Å². The normalized spacial score (nSPS) is 20.0. The van der Waals surface area contributed by atoms with Gasteiger partial charge in [-0.2, -0.15) is 0 Å². The number of unbranched alkanes of at least 4 members (excludes halogenated alkanes) is 1. The first kappa shape index (κ1) is 36.2. The molecular formula is C36H51ClN6O4. The van der Waals surface area contributed by atoms with E-state index in [1.807, 2.05) is 29.2 Å². The first-order chi connectivity index (χ1) is 22.8. The van der Waals surface area contributed by atoms with Crippen LogP contribution in [0.4, 0.5) is 4.79 Å². The van der Waals surface area contributed by atoms with Gasteiger partial charge in [0.2, 0.25) is 5.91 Å². The number of nitrogens with one attached hydrogen (secondary N) is 3. The number of rotatable bonds is 18. The van der Waals surface area contributed by atoms with Crippen molar-refractivity contribution in [1.29, 1.82) is 0 Å². The summed E-state index contributed by atoms with van der Waals surface area (Å²) >= 11 is 6.70. The molecule has 256 valence electrons. The summed E-state index contributed by atoms with van der Waals surface area (Å²) in [6.45, 7) is 12.5. The molecule has 3 aliphatic rings. The SMILES string of the molecule is C=CNC(C=C)C(c1ccc(Cl)cc1/C(=C\CCC)C(/C=C/NC=NC)NC(=O)COC)N1CCN(C(=O)OC2(C3CC3)CC2)CC1. The van der Waals surface area contributed by atoms with Crippen molar-refractivity contribution in [2.75, 3.05) is 46.9 Å². The molecule has 0 bridgehead atoms. The molecule has 1 heterocycles. The lowest BCUT2D eigenvalue weighted by Gasteiger charge is -2.42. The van der Waals surface area contributed by atoms with Gasteiger partial charge in [0.1, 0.15) is 12.2 Å². The number of carbonyl (C=O) groups excluding carboxylic acids is 2. The molecule has 47 heavy (non-hydrogen) atoms. The topological polar surface area (TPSA) is 108 Å². The summed E-state index contributed by atoms with van der Waals surface area (Å²) in [5, 5.41) is 10.1. The Labute approximate surface area is 285 Å². The van der Waals surface area contributed by atoms with Gasteiger partial charge in [-0.3, -0.25) is 14.7 Å². The third-order valence-electron chi connectivity index (χ3n) is 9.04. The van der Waals surface area contributed by atoms with Gasteiger partial charge in [0.25, 0.3) is 0 Å². The lowest BCUT2D eigenvalue weighted by atomic mass is 9.86. The highest BCUT2D eigenvalue weighted by Crippen LogP contribution is 2.56. The number of halogens is 1. The molecule has 0 aromatic heterocycles.